The highest BCUT2D eigenvalue weighted by Crippen LogP contribution is 2.56. The number of halogens is 1. The summed E-state index contributed by atoms with van der Waals surface area (Å²) in [6.07, 6.45) is 1.37. The quantitative estimate of drug-likeness (QED) is 0.651. The van der Waals surface area contributed by atoms with Crippen LogP contribution in [-0.2, 0) is 21.9 Å². The molecule has 22 heavy (non-hydrogen) atoms. The van der Waals surface area contributed by atoms with Gasteiger partial charge in [0, 0.05) is 38.6 Å². The Bertz CT molecular complexity index is 692. The van der Waals surface area contributed by atoms with Crippen LogP contribution in [0, 0.1) is 0 Å². The summed E-state index contributed by atoms with van der Waals surface area (Å²) in [5.41, 5.74) is 0.869. The van der Waals surface area contributed by atoms with Crippen LogP contribution in [0.4, 0.5) is 0 Å². The second-order valence-corrected chi connectivity index (χ2v) is 6.96. The molecule has 7 heteroatoms. The summed E-state index contributed by atoms with van der Waals surface area (Å²) in [5, 5.41) is 9.05. The van der Waals surface area contributed by atoms with E-state index in [1.807, 2.05) is 23.7 Å². The molecular formula is C15H18BrN3O2S. The van der Waals surface area contributed by atoms with Crippen LogP contribution in [-0.4, -0.2) is 34.8 Å². The molecule has 3 rings (SSSR count). The van der Waals surface area contributed by atoms with Gasteiger partial charge in [-0.3, -0.25) is 0 Å². The van der Waals surface area contributed by atoms with E-state index in [9.17, 15) is 0 Å². The van der Waals surface area contributed by atoms with Crippen LogP contribution in [0.2, 0.25) is 0 Å². The number of rotatable bonds is 4. The summed E-state index contributed by atoms with van der Waals surface area (Å²) < 4.78 is 14.1. The standard InChI is InChI=1S/C15H18BrN3O2S/c1-19-12(17-18-13(19)22)14(8-15(9-14,20-2)21-3)10-5-4-6-11(16)7-10/h4-7H,8-9H2,1-3H3,(H,18,22). The molecule has 2 aromatic rings. The lowest BCUT2D eigenvalue weighted by molar-refractivity contribution is -0.273. The molecule has 0 aliphatic heterocycles. The van der Waals surface area contributed by atoms with Crippen molar-refractivity contribution in [3.63, 3.8) is 0 Å². The number of thiol groups is 1. The Hall–Kier alpha value is -0.890. The molecule has 1 aliphatic carbocycles. The van der Waals surface area contributed by atoms with Crippen molar-refractivity contribution in [3.8, 4) is 0 Å². The van der Waals surface area contributed by atoms with E-state index in [2.05, 4.69) is 50.9 Å². The van der Waals surface area contributed by atoms with Crippen molar-refractivity contribution >= 4 is 28.6 Å². The molecule has 0 saturated heterocycles. The average Bonchev–Trinajstić information content (AvgIpc) is 2.80. The average molecular weight is 384 g/mol. The van der Waals surface area contributed by atoms with Gasteiger partial charge in [-0.15, -0.1) is 22.8 Å². The van der Waals surface area contributed by atoms with E-state index in [4.69, 9.17) is 9.47 Å². The van der Waals surface area contributed by atoms with Crippen molar-refractivity contribution in [1.82, 2.24) is 14.8 Å². The first-order chi connectivity index (χ1) is 10.5. The fourth-order valence-electron chi connectivity index (χ4n) is 3.25. The Morgan fingerprint density at radius 1 is 1.23 bits per heavy atom. The highest BCUT2D eigenvalue weighted by Gasteiger charge is 2.60. The Morgan fingerprint density at radius 3 is 2.41 bits per heavy atom. The summed E-state index contributed by atoms with van der Waals surface area (Å²) in [7, 11) is 5.28. The van der Waals surface area contributed by atoms with Crippen molar-refractivity contribution in [2.45, 2.75) is 29.2 Å². The molecule has 1 aromatic carbocycles. The zero-order valence-electron chi connectivity index (χ0n) is 12.7. The van der Waals surface area contributed by atoms with Gasteiger partial charge >= 0.3 is 0 Å². The Morgan fingerprint density at radius 2 is 1.91 bits per heavy atom. The molecule has 0 bridgehead atoms. The Labute approximate surface area is 143 Å². The molecule has 1 saturated carbocycles. The van der Waals surface area contributed by atoms with E-state index in [0.29, 0.717) is 18.0 Å². The fourth-order valence-corrected chi connectivity index (χ4v) is 3.79. The molecule has 1 heterocycles. The van der Waals surface area contributed by atoms with Gasteiger partial charge in [-0.05, 0) is 17.7 Å². The fraction of sp³-hybridized carbons (Fsp3) is 0.467. The van der Waals surface area contributed by atoms with Crippen LogP contribution < -0.4 is 0 Å². The second-order valence-electron chi connectivity index (χ2n) is 5.65. The van der Waals surface area contributed by atoms with Gasteiger partial charge in [0.2, 0.25) is 0 Å². The summed E-state index contributed by atoms with van der Waals surface area (Å²) in [4.78, 5) is 0. The van der Waals surface area contributed by atoms with Crippen LogP contribution in [0.1, 0.15) is 24.2 Å². The number of hydrogen-bond acceptors (Lipinski definition) is 5. The highest BCUT2D eigenvalue weighted by molar-refractivity contribution is 9.10. The highest BCUT2D eigenvalue weighted by atomic mass is 79.9. The Kier molecular flexibility index (Phi) is 4.09. The lowest BCUT2D eigenvalue weighted by atomic mass is 9.60. The minimum absolute atomic E-state index is 0.293. The molecular weight excluding hydrogens is 366 g/mol. The minimum Gasteiger partial charge on any atom is -0.353 e. The van der Waals surface area contributed by atoms with Crippen LogP contribution in [0.5, 0.6) is 0 Å². The molecule has 1 aromatic heterocycles. The van der Waals surface area contributed by atoms with Crippen molar-refractivity contribution in [2.24, 2.45) is 7.05 Å². The third kappa shape index (κ3) is 2.31. The smallest absolute Gasteiger partial charge is 0.187 e. The second kappa shape index (κ2) is 5.63. The van der Waals surface area contributed by atoms with E-state index in [1.54, 1.807) is 14.2 Å². The first-order valence-electron chi connectivity index (χ1n) is 6.91. The minimum atomic E-state index is -0.578. The third-order valence-corrected chi connectivity index (χ3v) is 5.43. The summed E-state index contributed by atoms with van der Waals surface area (Å²) in [6, 6.07) is 8.25. The number of nitrogens with zero attached hydrogens (tertiary/aromatic N) is 3. The molecule has 1 aliphatic rings. The lowest BCUT2D eigenvalue weighted by Gasteiger charge is -2.53. The normalized spacial score (nSPS) is 19.0. The molecule has 0 amide bonds. The number of benzene rings is 1. The number of hydrogen-bond donors (Lipinski definition) is 1. The maximum atomic E-state index is 5.59. The first kappa shape index (κ1) is 16.0. The predicted molar refractivity (Wildman–Crippen MR) is 89.2 cm³/mol. The van der Waals surface area contributed by atoms with E-state index >= 15 is 0 Å². The van der Waals surface area contributed by atoms with E-state index in [0.717, 1.165) is 15.9 Å². The largest absolute Gasteiger partial charge is 0.353 e. The molecule has 0 N–H and O–H groups in total. The topological polar surface area (TPSA) is 49.2 Å². The molecule has 0 spiro atoms. The molecule has 118 valence electrons. The molecule has 0 radical (unpaired) electrons. The third-order valence-electron chi connectivity index (χ3n) is 4.54. The Balaban J connectivity index is 2.11. The number of aromatic nitrogens is 3. The maximum Gasteiger partial charge on any atom is 0.187 e. The van der Waals surface area contributed by atoms with Crippen LogP contribution in [0.15, 0.2) is 33.9 Å². The van der Waals surface area contributed by atoms with E-state index in [-0.39, 0.29) is 5.41 Å². The van der Waals surface area contributed by atoms with Crippen molar-refractivity contribution in [3.05, 3.63) is 40.1 Å². The first-order valence-corrected chi connectivity index (χ1v) is 8.15. The van der Waals surface area contributed by atoms with Gasteiger partial charge in [-0.1, -0.05) is 28.1 Å². The van der Waals surface area contributed by atoms with Gasteiger partial charge in [0.15, 0.2) is 10.9 Å². The van der Waals surface area contributed by atoms with Gasteiger partial charge in [0.05, 0.1) is 5.41 Å². The SMILES string of the molecule is COC1(OC)CC(c2cccc(Br)c2)(c2nnc(S)n2C)C1. The van der Waals surface area contributed by atoms with Crippen LogP contribution in [0.3, 0.4) is 0 Å². The summed E-state index contributed by atoms with van der Waals surface area (Å²) >= 11 is 7.90. The van der Waals surface area contributed by atoms with Gasteiger partial charge in [-0.2, -0.15) is 0 Å². The number of ether oxygens (including phenoxy) is 2. The molecule has 0 unspecified atom stereocenters. The van der Waals surface area contributed by atoms with Gasteiger partial charge in [0.1, 0.15) is 5.82 Å². The molecule has 5 nitrogen and oxygen atoms in total. The van der Waals surface area contributed by atoms with Crippen molar-refractivity contribution in [1.29, 1.82) is 0 Å². The van der Waals surface area contributed by atoms with Gasteiger partial charge < -0.3 is 14.0 Å². The van der Waals surface area contributed by atoms with Gasteiger partial charge in [0.25, 0.3) is 0 Å². The molecule has 0 atom stereocenters. The summed E-state index contributed by atoms with van der Waals surface area (Å²) in [5.74, 6) is 0.297. The van der Waals surface area contributed by atoms with Gasteiger partial charge in [-0.25, -0.2) is 0 Å². The zero-order chi connectivity index (χ0) is 16.0. The van der Waals surface area contributed by atoms with Crippen molar-refractivity contribution < 1.29 is 9.47 Å². The monoisotopic (exact) mass is 383 g/mol. The van der Waals surface area contributed by atoms with E-state index in [1.165, 1.54) is 0 Å². The van der Waals surface area contributed by atoms with Crippen LogP contribution >= 0.6 is 28.6 Å². The lowest BCUT2D eigenvalue weighted by Crippen LogP contribution is -2.58. The molecule has 1 fully saturated rings. The number of methoxy groups -OCH3 is 2. The zero-order valence-corrected chi connectivity index (χ0v) is 15.2. The van der Waals surface area contributed by atoms with E-state index < -0.39 is 5.79 Å². The predicted octanol–water partition coefficient (Wildman–Crippen LogP) is 2.94. The van der Waals surface area contributed by atoms with Crippen LogP contribution in [0.25, 0.3) is 0 Å². The maximum absolute atomic E-state index is 5.59. The van der Waals surface area contributed by atoms with Crippen molar-refractivity contribution in [2.75, 3.05) is 14.2 Å². The summed E-state index contributed by atoms with van der Waals surface area (Å²) in [6.45, 7) is 0.